The van der Waals surface area contributed by atoms with Gasteiger partial charge in [0.25, 0.3) is 0 Å². The van der Waals surface area contributed by atoms with Crippen LogP contribution in [0.4, 0.5) is 0 Å². The minimum absolute atomic E-state index is 0.177. The van der Waals surface area contributed by atoms with Gasteiger partial charge in [-0.1, -0.05) is 19.1 Å². The van der Waals surface area contributed by atoms with E-state index in [2.05, 4.69) is 0 Å². The number of ether oxygens (including phenoxy) is 1. The van der Waals surface area contributed by atoms with E-state index < -0.39 is 11.9 Å². The molecule has 0 radical (unpaired) electrons. The summed E-state index contributed by atoms with van der Waals surface area (Å²) in [6.07, 6.45) is 3.09. The molecule has 1 amide bonds. The quantitative estimate of drug-likeness (QED) is 0.806. The van der Waals surface area contributed by atoms with E-state index in [-0.39, 0.29) is 12.5 Å². The smallest absolute Gasteiger partial charge is 0.308 e. The summed E-state index contributed by atoms with van der Waals surface area (Å²) in [5.74, 6) is -1.02. The Labute approximate surface area is 118 Å². The van der Waals surface area contributed by atoms with Crippen molar-refractivity contribution >= 4 is 18.0 Å². The number of nitrogens with zero attached hydrogens (tertiary/aromatic N) is 1. The molecule has 1 rings (SSSR count). The van der Waals surface area contributed by atoms with Gasteiger partial charge < -0.3 is 14.7 Å². The Morgan fingerprint density at radius 1 is 1.45 bits per heavy atom. The molecule has 1 aromatic rings. The molecule has 0 unspecified atom stereocenters. The summed E-state index contributed by atoms with van der Waals surface area (Å²) in [6, 6.07) is 7.31. The van der Waals surface area contributed by atoms with Crippen molar-refractivity contribution in [3.05, 3.63) is 35.9 Å². The maximum Gasteiger partial charge on any atom is 0.308 e. The third kappa shape index (κ3) is 4.76. The number of hydrogen-bond donors (Lipinski definition) is 1. The lowest BCUT2D eigenvalue weighted by Gasteiger charge is -2.17. The first-order chi connectivity index (χ1) is 9.43. The number of carboxylic acids is 1. The highest BCUT2D eigenvalue weighted by atomic mass is 16.5. The second-order valence-electron chi connectivity index (χ2n) is 4.57. The Morgan fingerprint density at radius 3 is 2.75 bits per heavy atom. The zero-order valence-corrected chi connectivity index (χ0v) is 11.9. The average Bonchev–Trinajstić information content (AvgIpc) is 2.44. The van der Waals surface area contributed by atoms with Crippen LogP contribution < -0.4 is 4.74 Å². The first kappa shape index (κ1) is 15.8. The van der Waals surface area contributed by atoms with Gasteiger partial charge in [-0.15, -0.1) is 0 Å². The van der Waals surface area contributed by atoms with Crippen LogP contribution in [0.25, 0.3) is 6.08 Å². The number of carboxylic acid groups (broad SMARTS) is 1. The number of carbonyl (C=O) groups is 2. The van der Waals surface area contributed by atoms with Gasteiger partial charge in [0, 0.05) is 19.7 Å². The SMILES string of the molecule is COc1cccc(/C=C/C(=O)N(C)C[C@H](C)C(=O)O)c1. The van der Waals surface area contributed by atoms with Gasteiger partial charge in [0.15, 0.2) is 0 Å². The number of rotatable bonds is 6. The average molecular weight is 277 g/mol. The van der Waals surface area contributed by atoms with E-state index in [1.807, 2.05) is 24.3 Å². The standard InChI is InChI=1S/C15H19NO4/c1-11(15(18)19)10-16(2)14(17)8-7-12-5-4-6-13(9-12)20-3/h4-9,11H,10H2,1-3H3,(H,18,19)/b8-7+/t11-/m0/s1. The molecule has 0 aliphatic carbocycles. The van der Waals surface area contributed by atoms with Gasteiger partial charge in [-0.05, 0) is 23.8 Å². The number of amides is 1. The Bertz CT molecular complexity index is 510. The minimum atomic E-state index is -0.915. The van der Waals surface area contributed by atoms with Gasteiger partial charge in [-0.25, -0.2) is 0 Å². The molecule has 0 aliphatic heterocycles. The predicted molar refractivity (Wildman–Crippen MR) is 76.5 cm³/mol. The maximum atomic E-state index is 11.8. The van der Waals surface area contributed by atoms with Crippen LogP contribution in [-0.2, 0) is 9.59 Å². The molecule has 0 fully saturated rings. The second kappa shape index (κ2) is 7.33. The molecule has 0 aliphatic rings. The lowest BCUT2D eigenvalue weighted by Crippen LogP contribution is -2.32. The molecule has 108 valence electrons. The summed E-state index contributed by atoms with van der Waals surface area (Å²) in [4.78, 5) is 24.0. The van der Waals surface area contributed by atoms with E-state index in [1.165, 1.54) is 11.0 Å². The number of aliphatic carboxylic acids is 1. The fourth-order valence-corrected chi connectivity index (χ4v) is 1.62. The van der Waals surface area contributed by atoms with Gasteiger partial charge in [-0.2, -0.15) is 0 Å². The van der Waals surface area contributed by atoms with Crippen LogP contribution in [-0.4, -0.2) is 42.6 Å². The summed E-state index contributed by atoms with van der Waals surface area (Å²) < 4.78 is 5.09. The van der Waals surface area contributed by atoms with Crippen molar-refractivity contribution in [2.24, 2.45) is 5.92 Å². The van der Waals surface area contributed by atoms with Crippen molar-refractivity contribution in [3.8, 4) is 5.75 Å². The van der Waals surface area contributed by atoms with Crippen LogP contribution in [0, 0.1) is 5.92 Å². The highest BCUT2D eigenvalue weighted by Gasteiger charge is 2.15. The number of carbonyl (C=O) groups excluding carboxylic acids is 1. The van der Waals surface area contributed by atoms with Crippen LogP contribution in [0.2, 0.25) is 0 Å². The summed E-state index contributed by atoms with van der Waals surface area (Å²) in [5, 5.41) is 8.81. The summed E-state index contributed by atoms with van der Waals surface area (Å²) in [7, 11) is 3.16. The molecule has 1 aromatic carbocycles. The highest BCUT2D eigenvalue weighted by Crippen LogP contribution is 2.13. The van der Waals surface area contributed by atoms with Crippen LogP contribution >= 0.6 is 0 Å². The third-order valence-corrected chi connectivity index (χ3v) is 2.86. The summed E-state index contributed by atoms with van der Waals surface area (Å²) in [5.41, 5.74) is 0.845. The van der Waals surface area contributed by atoms with Crippen molar-refractivity contribution in [1.82, 2.24) is 4.90 Å². The Hall–Kier alpha value is -2.30. The van der Waals surface area contributed by atoms with E-state index in [4.69, 9.17) is 9.84 Å². The van der Waals surface area contributed by atoms with Crippen LogP contribution in [0.15, 0.2) is 30.3 Å². The largest absolute Gasteiger partial charge is 0.497 e. The zero-order valence-electron chi connectivity index (χ0n) is 11.9. The molecule has 0 aromatic heterocycles. The van der Waals surface area contributed by atoms with E-state index in [9.17, 15) is 9.59 Å². The lowest BCUT2D eigenvalue weighted by atomic mass is 10.1. The first-order valence-corrected chi connectivity index (χ1v) is 6.24. The normalized spacial score (nSPS) is 12.2. The molecular weight excluding hydrogens is 258 g/mol. The Morgan fingerprint density at radius 2 is 2.15 bits per heavy atom. The van der Waals surface area contributed by atoms with Crippen LogP contribution in [0.3, 0.4) is 0 Å². The molecule has 0 spiro atoms. The molecule has 1 atom stereocenters. The topological polar surface area (TPSA) is 66.8 Å². The third-order valence-electron chi connectivity index (χ3n) is 2.86. The van der Waals surface area contributed by atoms with E-state index >= 15 is 0 Å². The summed E-state index contributed by atoms with van der Waals surface area (Å²) >= 11 is 0. The predicted octanol–water partition coefficient (Wildman–Crippen LogP) is 1.89. The molecule has 0 saturated heterocycles. The van der Waals surface area contributed by atoms with Gasteiger partial charge in [0.2, 0.25) is 5.91 Å². The lowest BCUT2D eigenvalue weighted by molar-refractivity contribution is -0.142. The molecule has 0 saturated carbocycles. The molecule has 5 heteroatoms. The van der Waals surface area contributed by atoms with Gasteiger partial charge in [0.05, 0.1) is 13.0 Å². The molecule has 5 nitrogen and oxygen atoms in total. The number of benzene rings is 1. The minimum Gasteiger partial charge on any atom is -0.497 e. The van der Waals surface area contributed by atoms with Gasteiger partial charge in [0.1, 0.15) is 5.75 Å². The fraction of sp³-hybridized carbons (Fsp3) is 0.333. The van der Waals surface area contributed by atoms with Crippen LogP contribution in [0.5, 0.6) is 5.75 Å². The Kier molecular flexibility index (Phi) is 5.77. The van der Waals surface area contributed by atoms with Crippen molar-refractivity contribution < 1.29 is 19.4 Å². The molecular formula is C15H19NO4. The zero-order chi connectivity index (χ0) is 15.1. The fourth-order valence-electron chi connectivity index (χ4n) is 1.62. The highest BCUT2D eigenvalue weighted by molar-refractivity contribution is 5.91. The first-order valence-electron chi connectivity index (χ1n) is 6.24. The molecule has 20 heavy (non-hydrogen) atoms. The van der Waals surface area contributed by atoms with Gasteiger partial charge in [-0.3, -0.25) is 9.59 Å². The Balaban J connectivity index is 2.64. The van der Waals surface area contributed by atoms with Crippen molar-refractivity contribution in [3.63, 3.8) is 0 Å². The van der Waals surface area contributed by atoms with Crippen LogP contribution in [0.1, 0.15) is 12.5 Å². The number of hydrogen-bond acceptors (Lipinski definition) is 3. The number of likely N-dealkylation sites (N-methyl/N-ethyl adjacent to an activating group) is 1. The molecule has 0 bridgehead atoms. The van der Waals surface area contributed by atoms with E-state index in [1.54, 1.807) is 27.2 Å². The molecule has 1 N–H and O–H groups in total. The van der Waals surface area contributed by atoms with Crippen molar-refractivity contribution in [2.45, 2.75) is 6.92 Å². The van der Waals surface area contributed by atoms with E-state index in [0.29, 0.717) is 5.75 Å². The van der Waals surface area contributed by atoms with Crippen molar-refractivity contribution in [2.75, 3.05) is 20.7 Å². The van der Waals surface area contributed by atoms with E-state index in [0.717, 1.165) is 5.56 Å². The monoisotopic (exact) mass is 277 g/mol. The number of methoxy groups -OCH3 is 1. The second-order valence-corrected chi connectivity index (χ2v) is 4.57. The van der Waals surface area contributed by atoms with Gasteiger partial charge >= 0.3 is 5.97 Å². The van der Waals surface area contributed by atoms with Crippen molar-refractivity contribution in [1.29, 1.82) is 0 Å². The maximum absolute atomic E-state index is 11.8. The summed E-state index contributed by atoms with van der Waals surface area (Å²) in [6.45, 7) is 1.74. The molecule has 0 heterocycles.